The van der Waals surface area contributed by atoms with E-state index >= 15 is 0 Å². The van der Waals surface area contributed by atoms with Gasteiger partial charge < -0.3 is 20.0 Å². The molecule has 1 amide bonds. The number of phenols is 1. The van der Waals surface area contributed by atoms with Crippen LogP contribution in [-0.2, 0) is 16.2 Å². The summed E-state index contributed by atoms with van der Waals surface area (Å²) in [4.78, 5) is 16.8. The van der Waals surface area contributed by atoms with Gasteiger partial charge in [-0.2, -0.15) is 0 Å². The van der Waals surface area contributed by atoms with Crippen LogP contribution in [0.1, 0.15) is 11.1 Å². The van der Waals surface area contributed by atoms with Gasteiger partial charge in [0.2, 0.25) is 0 Å². The standard InChI is InChI=1S/C17H18N2O3.C6H6O/c1-18-17(20)16(19-21-2)15-11-7-6-8-13(15)12-22-14-9-4-3-5-10-14;7-6-4-2-1-3-5-6/h3-11H,12H2,1-2H3,(H,18,20);1-5,7H/b19-16+;. The quantitative estimate of drug-likeness (QED) is 0.495. The predicted octanol–water partition coefficient (Wildman–Crippen LogP) is 3.75. The maximum atomic E-state index is 12.0. The van der Waals surface area contributed by atoms with Crippen molar-refractivity contribution < 1.29 is 19.5 Å². The average Bonchev–Trinajstić information content (AvgIpc) is 2.77. The number of likely N-dealkylation sites (N-methyl/N-ethyl adjacent to an activating group) is 1. The second-order valence-corrected chi connectivity index (χ2v) is 5.80. The fourth-order valence-corrected chi connectivity index (χ4v) is 2.41. The van der Waals surface area contributed by atoms with Gasteiger partial charge >= 0.3 is 0 Å². The summed E-state index contributed by atoms with van der Waals surface area (Å²) in [5.74, 6) is 0.777. The first-order chi connectivity index (χ1) is 14.2. The Morgan fingerprint density at radius 2 is 1.52 bits per heavy atom. The molecule has 0 saturated carbocycles. The van der Waals surface area contributed by atoms with Crippen molar-refractivity contribution in [2.75, 3.05) is 14.2 Å². The summed E-state index contributed by atoms with van der Waals surface area (Å²) in [5.41, 5.74) is 1.75. The van der Waals surface area contributed by atoms with Gasteiger partial charge in [-0.1, -0.05) is 65.8 Å². The van der Waals surface area contributed by atoms with E-state index in [4.69, 9.17) is 14.7 Å². The zero-order valence-electron chi connectivity index (χ0n) is 16.4. The second kappa shape index (κ2) is 11.8. The number of nitrogens with one attached hydrogen (secondary N) is 1. The van der Waals surface area contributed by atoms with Gasteiger partial charge in [0.25, 0.3) is 5.91 Å². The molecule has 0 aliphatic rings. The molecular formula is C23H24N2O4. The van der Waals surface area contributed by atoms with Crippen LogP contribution < -0.4 is 10.1 Å². The van der Waals surface area contributed by atoms with Crippen LogP contribution in [0.15, 0.2) is 90.1 Å². The van der Waals surface area contributed by atoms with Crippen LogP contribution in [0.25, 0.3) is 0 Å². The number of ether oxygens (including phenoxy) is 1. The first-order valence-electron chi connectivity index (χ1n) is 8.99. The zero-order chi connectivity index (χ0) is 20.9. The Labute approximate surface area is 170 Å². The lowest BCUT2D eigenvalue weighted by atomic mass is 10.0. The number of hydrogen-bond donors (Lipinski definition) is 2. The summed E-state index contributed by atoms with van der Waals surface area (Å²) >= 11 is 0. The fourth-order valence-electron chi connectivity index (χ4n) is 2.41. The molecule has 0 aromatic heterocycles. The van der Waals surface area contributed by atoms with Crippen molar-refractivity contribution in [2.24, 2.45) is 5.16 Å². The molecule has 0 unspecified atom stereocenters. The van der Waals surface area contributed by atoms with E-state index in [1.807, 2.05) is 60.7 Å². The third-order valence-electron chi connectivity index (χ3n) is 3.79. The van der Waals surface area contributed by atoms with Crippen LogP contribution in [0.2, 0.25) is 0 Å². The van der Waals surface area contributed by atoms with Crippen LogP contribution in [0.5, 0.6) is 11.5 Å². The number of rotatable bonds is 6. The average molecular weight is 392 g/mol. The molecule has 6 nitrogen and oxygen atoms in total. The largest absolute Gasteiger partial charge is 0.508 e. The van der Waals surface area contributed by atoms with Crippen LogP contribution >= 0.6 is 0 Å². The van der Waals surface area contributed by atoms with Gasteiger partial charge in [-0.05, 0) is 29.8 Å². The normalized spacial score (nSPS) is 10.3. The van der Waals surface area contributed by atoms with Gasteiger partial charge in [0.1, 0.15) is 25.2 Å². The van der Waals surface area contributed by atoms with E-state index in [0.717, 1.165) is 11.3 Å². The third kappa shape index (κ3) is 7.03. The molecule has 0 saturated heterocycles. The SMILES string of the molecule is CNC(=O)/C(=N/OC)c1ccccc1COc1ccccc1.Oc1ccccc1. The Morgan fingerprint density at radius 3 is 2.07 bits per heavy atom. The monoisotopic (exact) mass is 392 g/mol. The second-order valence-electron chi connectivity index (χ2n) is 5.80. The maximum absolute atomic E-state index is 12.0. The molecule has 150 valence electrons. The van der Waals surface area contributed by atoms with Crippen molar-refractivity contribution in [3.05, 3.63) is 96.1 Å². The highest BCUT2D eigenvalue weighted by Gasteiger charge is 2.17. The van der Waals surface area contributed by atoms with E-state index in [-0.39, 0.29) is 11.6 Å². The van der Waals surface area contributed by atoms with Crippen LogP contribution in [-0.4, -0.2) is 30.9 Å². The molecule has 29 heavy (non-hydrogen) atoms. The van der Waals surface area contributed by atoms with Gasteiger partial charge in [-0.15, -0.1) is 0 Å². The lowest BCUT2D eigenvalue weighted by Gasteiger charge is -2.12. The number of aromatic hydroxyl groups is 1. The van der Waals surface area contributed by atoms with Crippen molar-refractivity contribution in [2.45, 2.75) is 6.61 Å². The molecule has 0 spiro atoms. The molecule has 0 radical (unpaired) electrons. The van der Waals surface area contributed by atoms with E-state index in [1.54, 1.807) is 31.3 Å². The molecule has 0 aliphatic carbocycles. The molecule has 0 heterocycles. The van der Waals surface area contributed by atoms with Gasteiger partial charge in [-0.25, -0.2) is 0 Å². The van der Waals surface area contributed by atoms with Crippen molar-refractivity contribution in [1.29, 1.82) is 0 Å². The number of para-hydroxylation sites is 2. The third-order valence-corrected chi connectivity index (χ3v) is 3.79. The van der Waals surface area contributed by atoms with E-state index in [1.165, 1.54) is 7.11 Å². The molecule has 6 heteroatoms. The number of oxime groups is 1. The molecule has 0 aliphatic heterocycles. The molecule has 0 bridgehead atoms. The number of carbonyl (C=O) groups is 1. The molecule has 3 aromatic rings. The van der Waals surface area contributed by atoms with Crippen LogP contribution in [0, 0.1) is 0 Å². The number of nitrogens with zero attached hydrogens (tertiary/aromatic N) is 1. The highest BCUT2D eigenvalue weighted by molar-refractivity contribution is 6.45. The summed E-state index contributed by atoms with van der Waals surface area (Å²) in [7, 11) is 2.96. The number of hydrogen-bond acceptors (Lipinski definition) is 5. The molecular weight excluding hydrogens is 368 g/mol. The number of amides is 1. The highest BCUT2D eigenvalue weighted by atomic mass is 16.6. The number of carbonyl (C=O) groups excluding carboxylic acids is 1. The Kier molecular flexibility index (Phi) is 8.76. The molecule has 0 fully saturated rings. The number of phenolic OH excluding ortho intramolecular Hbond substituents is 1. The first-order valence-corrected chi connectivity index (χ1v) is 8.99. The Hall–Kier alpha value is -3.80. The van der Waals surface area contributed by atoms with E-state index in [0.29, 0.717) is 17.9 Å². The van der Waals surface area contributed by atoms with E-state index < -0.39 is 0 Å². The first kappa shape index (κ1) is 21.5. The molecule has 3 rings (SSSR count). The smallest absolute Gasteiger partial charge is 0.273 e. The van der Waals surface area contributed by atoms with Crippen molar-refractivity contribution in [1.82, 2.24) is 5.32 Å². The fraction of sp³-hybridized carbons (Fsp3) is 0.130. The summed E-state index contributed by atoms with van der Waals surface area (Å²) in [6, 6.07) is 25.7. The lowest BCUT2D eigenvalue weighted by Crippen LogP contribution is -2.29. The van der Waals surface area contributed by atoms with Crippen molar-refractivity contribution in [3.8, 4) is 11.5 Å². The van der Waals surface area contributed by atoms with Crippen LogP contribution in [0.4, 0.5) is 0 Å². The van der Waals surface area contributed by atoms with Gasteiger partial charge in [0.15, 0.2) is 5.71 Å². The maximum Gasteiger partial charge on any atom is 0.273 e. The summed E-state index contributed by atoms with van der Waals surface area (Å²) in [6.07, 6.45) is 0. The van der Waals surface area contributed by atoms with Gasteiger partial charge in [0.05, 0.1) is 0 Å². The predicted molar refractivity (Wildman–Crippen MR) is 113 cm³/mol. The highest BCUT2D eigenvalue weighted by Crippen LogP contribution is 2.16. The van der Waals surface area contributed by atoms with Gasteiger partial charge in [-0.3, -0.25) is 4.79 Å². The van der Waals surface area contributed by atoms with E-state index in [2.05, 4.69) is 10.5 Å². The summed E-state index contributed by atoms with van der Waals surface area (Å²) in [5, 5.41) is 15.0. The summed E-state index contributed by atoms with van der Waals surface area (Å²) in [6.45, 7) is 0.333. The minimum Gasteiger partial charge on any atom is -0.508 e. The zero-order valence-corrected chi connectivity index (χ0v) is 16.4. The van der Waals surface area contributed by atoms with Gasteiger partial charge in [0, 0.05) is 12.6 Å². The Bertz CT molecular complexity index is 912. The Balaban J connectivity index is 0.000000360. The minimum atomic E-state index is -0.311. The summed E-state index contributed by atoms with van der Waals surface area (Å²) < 4.78 is 5.75. The minimum absolute atomic E-state index is 0.220. The lowest BCUT2D eigenvalue weighted by molar-refractivity contribution is -0.114. The van der Waals surface area contributed by atoms with Crippen molar-refractivity contribution >= 4 is 11.6 Å². The molecule has 3 aromatic carbocycles. The molecule has 2 N–H and O–H groups in total. The Morgan fingerprint density at radius 1 is 0.931 bits per heavy atom. The van der Waals surface area contributed by atoms with Crippen LogP contribution in [0.3, 0.4) is 0 Å². The topological polar surface area (TPSA) is 80.2 Å². The number of benzene rings is 3. The molecule has 0 atom stereocenters. The van der Waals surface area contributed by atoms with Crippen molar-refractivity contribution in [3.63, 3.8) is 0 Å². The van der Waals surface area contributed by atoms with E-state index in [9.17, 15) is 4.79 Å².